The van der Waals surface area contributed by atoms with E-state index in [2.05, 4.69) is 52.1 Å². The van der Waals surface area contributed by atoms with Crippen LogP contribution in [0.15, 0.2) is 28.7 Å². The van der Waals surface area contributed by atoms with Crippen molar-refractivity contribution in [3.63, 3.8) is 0 Å². The summed E-state index contributed by atoms with van der Waals surface area (Å²) in [5, 5.41) is 0. The first-order valence-corrected chi connectivity index (χ1v) is 7.40. The van der Waals surface area contributed by atoms with Crippen molar-refractivity contribution >= 4 is 21.7 Å². The third kappa shape index (κ3) is 3.55. The number of nitrogens with two attached hydrogens (primary N) is 1. The van der Waals surface area contributed by atoms with Gasteiger partial charge in [-0.05, 0) is 30.9 Å². The molecule has 1 aromatic carbocycles. The predicted octanol–water partition coefficient (Wildman–Crippen LogP) is 3.70. The fraction of sp³-hybridized carbons (Fsp3) is 0.333. The van der Waals surface area contributed by atoms with E-state index in [1.807, 2.05) is 24.3 Å². The van der Waals surface area contributed by atoms with E-state index in [1.165, 1.54) is 5.56 Å². The third-order valence-electron chi connectivity index (χ3n) is 2.97. The van der Waals surface area contributed by atoms with E-state index in [4.69, 9.17) is 5.84 Å². The number of anilines is 1. The summed E-state index contributed by atoms with van der Waals surface area (Å²) in [7, 11) is 0. The van der Waals surface area contributed by atoms with Gasteiger partial charge in [0.15, 0.2) is 5.82 Å². The molecule has 0 spiro atoms. The summed E-state index contributed by atoms with van der Waals surface area (Å²) in [6, 6.07) is 8.00. The Labute approximate surface area is 127 Å². The molecule has 0 saturated heterocycles. The van der Waals surface area contributed by atoms with Crippen molar-refractivity contribution in [3.05, 3.63) is 40.0 Å². The summed E-state index contributed by atoms with van der Waals surface area (Å²) in [4.78, 5) is 9.07. The van der Waals surface area contributed by atoms with Crippen LogP contribution in [0.25, 0.3) is 11.4 Å². The van der Waals surface area contributed by atoms with Gasteiger partial charge in [0.2, 0.25) is 0 Å². The fourth-order valence-electron chi connectivity index (χ4n) is 1.96. The molecule has 3 N–H and O–H groups in total. The lowest BCUT2D eigenvalue weighted by Crippen LogP contribution is -2.11. The van der Waals surface area contributed by atoms with Gasteiger partial charge in [-0.1, -0.05) is 41.9 Å². The van der Waals surface area contributed by atoms with Crippen molar-refractivity contribution in [2.75, 3.05) is 5.43 Å². The van der Waals surface area contributed by atoms with Gasteiger partial charge < -0.3 is 5.43 Å². The van der Waals surface area contributed by atoms with Crippen LogP contribution in [0.4, 0.5) is 5.82 Å². The minimum atomic E-state index is 0.535. The molecule has 0 unspecified atom stereocenters. The van der Waals surface area contributed by atoms with Gasteiger partial charge in [-0.2, -0.15) is 0 Å². The number of aromatic nitrogens is 2. The molecule has 4 nitrogen and oxygen atoms in total. The van der Waals surface area contributed by atoms with E-state index in [1.54, 1.807) is 0 Å². The zero-order valence-electron chi connectivity index (χ0n) is 11.9. The average molecular weight is 335 g/mol. The summed E-state index contributed by atoms with van der Waals surface area (Å²) in [6.45, 7) is 6.39. The molecule has 5 heteroatoms. The number of halogens is 1. The normalized spacial score (nSPS) is 10.9. The fourth-order valence-corrected chi connectivity index (χ4v) is 2.33. The summed E-state index contributed by atoms with van der Waals surface area (Å²) in [5.41, 5.74) is 5.77. The minimum absolute atomic E-state index is 0.535. The molecule has 0 radical (unpaired) electrons. The highest BCUT2D eigenvalue weighted by molar-refractivity contribution is 9.10. The van der Waals surface area contributed by atoms with Gasteiger partial charge in [0.25, 0.3) is 0 Å². The van der Waals surface area contributed by atoms with E-state index in [9.17, 15) is 0 Å². The van der Waals surface area contributed by atoms with Crippen LogP contribution in [-0.2, 0) is 6.42 Å². The number of nitrogens with zero attached hydrogens (tertiary/aromatic N) is 2. The third-order valence-corrected chi connectivity index (χ3v) is 3.83. The van der Waals surface area contributed by atoms with Crippen molar-refractivity contribution < 1.29 is 0 Å². The lowest BCUT2D eigenvalue weighted by atomic mass is 10.1. The Kier molecular flexibility index (Phi) is 4.73. The standard InChI is InChI=1S/C15H19BrN4/c1-9(2)6-12-8-14(20-17)19-15(18-12)11-5-4-10(3)13(16)7-11/h4-5,7-9H,6,17H2,1-3H3,(H,18,19,20). The second kappa shape index (κ2) is 6.33. The molecule has 0 aliphatic heterocycles. The average Bonchev–Trinajstić information content (AvgIpc) is 2.40. The number of nitrogens with one attached hydrogen (secondary N) is 1. The molecule has 2 aromatic rings. The number of nitrogen functional groups attached to an aromatic ring is 1. The molecular formula is C15H19BrN4. The van der Waals surface area contributed by atoms with Gasteiger partial charge in [-0.25, -0.2) is 15.8 Å². The first-order chi connectivity index (χ1) is 9.49. The van der Waals surface area contributed by atoms with Crippen LogP contribution in [0.2, 0.25) is 0 Å². The topological polar surface area (TPSA) is 63.8 Å². The van der Waals surface area contributed by atoms with Gasteiger partial charge in [-0.15, -0.1) is 0 Å². The van der Waals surface area contributed by atoms with E-state index in [0.717, 1.165) is 22.2 Å². The Morgan fingerprint density at radius 3 is 2.60 bits per heavy atom. The van der Waals surface area contributed by atoms with E-state index in [0.29, 0.717) is 17.6 Å². The Morgan fingerprint density at radius 2 is 2.00 bits per heavy atom. The second-order valence-corrected chi connectivity index (χ2v) is 6.13. The van der Waals surface area contributed by atoms with Gasteiger partial charge in [0.05, 0.1) is 0 Å². The summed E-state index contributed by atoms with van der Waals surface area (Å²) in [5.74, 6) is 7.37. The van der Waals surface area contributed by atoms with Gasteiger partial charge >= 0.3 is 0 Å². The molecular weight excluding hydrogens is 316 g/mol. The molecule has 0 atom stereocenters. The molecule has 0 bridgehead atoms. The molecule has 0 fully saturated rings. The van der Waals surface area contributed by atoms with Gasteiger partial charge in [0, 0.05) is 21.8 Å². The molecule has 0 amide bonds. The Hall–Kier alpha value is -1.46. The smallest absolute Gasteiger partial charge is 0.161 e. The van der Waals surface area contributed by atoms with Gasteiger partial charge in [-0.3, -0.25) is 0 Å². The Balaban J connectivity index is 2.46. The summed E-state index contributed by atoms with van der Waals surface area (Å²) in [6.07, 6.45) is 0.900. The lowest BCUT2D eigenvalue weighted by Gasteiger charge is -2.10. The van der Waals surface area contributed by atoms with E-state index in [-0.39, 0.29) is 0 Å². The minimum Gasteiger partial charge on any atom is -0.308 e. The zero-order chi connectivity index (χ0) is 14.7. The largest absolute Gasteiger partial charge is 0.308 e. The zero-order valence-corrected chi connectivity index (χ0v) is 13.5. The molecule has 0 aliphatic rings. The van der Waals surface area contributed by atoms with E-state index < -0.39 is 0 Å². The molecule has 106 valence electrons. The number of benzene rings is 1. The van der Waals surface area contributed by atoms with Gasteiger partial charge in [0.1, 0.15) is 5.82 Å². The van der Waals surface area contributed by atoms with Crippen LogP contribution in [0.3, 0.4) is 0 Å². The number of hydrogen-bond acceptors (Lipinski definition) is 4. The highest BCUT2D eigenvalue weighted by Gasteiger charge is 2.09. The monoisotopic (exact) mass is 334 g/mol. The predicted molar refractivity (Wildman–Crippen MR) is 86.3 cm³/mol. The highest BCUT2D eigenvalue weighted by atomic mass is 79.9. The van der Waals surface area contributed by atoms with Crippen LogP contribution in [0.5, 0.6) is 0 Å². The van der Waals surface area contributed by atoms with Crippen molar-refractivity contribution in [1.82, 2.24) is 9.97 Å². The lowest BCUT2D eigenvalue weighted by molar-refractivity contribution is 0.635. The summed E-state index contributed by atoms with van der Waals surface area (Å²) >= 11 is 3.54. The van der Waals surface area contributed by atoms with Crippen LogP contribution >= 0.6 is 15.9 Å². The van der Waals surface area contributed by atoms with Crippen LogP contribution in [-0.4, -0.2) is 9.97 Å². The van der Waals surface area contributed by atoms with Crippen LogP contribution < -0.4 is 11.3 Å². The van der Waals surface area contributed by atoms with Crippen molar-refractivity contribution in [3.8, 4) is 11.4 Å². The van der Waals surface area contributed by atoms with Crippen molar-refractivity contribution in [1.29, 1.82) is 0 Å². The maximum Gasteiger partial charge on any atom is 0.161 e. The molecule has 2 rings (SSSR count). The number of hydrazine groups is 1. The van der Waals surface area contributed by atoms with Crippen molar-refractivity contribution in [2.45, 2.75) is 27.2 Å². The van der Waals surface area contributed by atoms with Crippen LogP contribution in [0.1, 0.15) is 25.1 Å². The number of hydrogen-bond donors (Lipinski definition) is 2. The quantitative estimate of drug-likeness (QED) is 0.661. The second-order valence-electron chi connectivity index (χ2n) is 5.27. The summed E-state index contributed by atoms with van der Waals surface area (Å²) < 4.78 is 1.05. The molecule has 1 aromatic heterocycles. The first kappa shape index (κ1) is 14.9. The highest BCUT2D eigenvalue weighted by Crippen LogP contribution is 2.24. The number of rotatable bonds is 4. The Morgan fingerprint density at radius 1 is 1.25 bits per heavy atom. The van der Waals surface area contributed by atoms with E-state index >= 15 is 0 Å². The first-order valence-electron chi connectivity index (χ1n) is 6.60. The Bertz CT molecular complexity index is 611. The van der Waals surface area contributed by atoms with Crippen LogP contribution in [0, 0.1) is 12.8 Å². The SMILES string of the molecule is Cc1ccc(-c2nc(CC(C)C)cc(NN)n2)cc1Br. The molecule has 0 aliphatic carbocycles. The maximum atomic E-state index is 5.50. The number of aryl methyl sites for hydroxylation is 1. The molecule has 0 saturated carbocycles. The van der Waals surface area contributed by atoms with Crippen molar-refractivity contribution in [2.24, 2.45) is 11.8 Å². The molecule has 1 heterocycles. The molecule has 20 heavy (non-hydrogen) atoms. The maximum absolute atomic E-state index is 5.50.